The minimum Gasteiger partial charge on any atom is -0.484 e. The molecule has 3 N–H and O–H groups in total. The van der Waals surface area contributed by atoms with Crippen LogP contribution in [-0.2, 0) is 4.79 Å². The third-order valence-electron chi connectivity index (χ3n) is 3.04. The first-order chi connectivity index (χ1) is 11.0. The van der Waals surface area contributed by atoms with Crippen LogP contribution in [0.1, 0.15) is 13.8 Å². The number of rotatable bonds is 7. The lowest BCUT2D eigenvalue weighted by Crippen LogP contribution is -2.50. The van der Waals surface area contributed by atoms with Crippen LogP contribution < -0.4 is 20.5 Å². The first-order valence-corrected chi connectivity index (χ1v) is 7.31. The zero-order valence-corrected chi connectivity index (χ0v) is 13.3. The van der Waals surface area contributed by atoms with Crippen molar-refractivity contribution in [3.05, 3.63) is 48.7 Å². The lowest BCUT2D eigenvalue weighted by Gasteiger charge is -2.24. The molecule has 0 radical (unpaired) electrons. The highest BCUT2D eigenvalue weighted by molar-refractivity contribution is 5.78. The topological polar surface area (TPSA) is 86.5 Å². The SMILES string of the molecule is CC(C)(CN)NC(=O)COc1ccc(Oc2ccccn2)cc1. The second kappa shape index (κ2) is 7.60. The van der Waals surface area contributed by atoms with Crippen molar-refractivity contribution >= 4 is 5.91 Å². The first-order valence-electron chi connectivity index (χ1n) is 7.31. The summed E-state index contributed by atoms with van der Waals surface area (Å²) in [5.41, 5.74) is 5.12. The molecule has 6 nitrogen and oxygen atoms in total. The number of pyridine rings is 1. The Labute approximate surface area is 135 Å². The van der Waals surface area contributed by atoms with E-state index in [0.717, 1.165) is 0 Å². The Balaban J connectivity index is 1.84. The number of hydrogen-bond acceptors (Lipinski definition) is 5. The Morgan fingerprint density at radius 1 is 1.17 bits per heavy atom. The lowest BCUT2D eigenvalue weighted by atomic mass is 10.1. The van der Waals surface area contributed by atoms with Crippen molar-refractivity contribution in [1.82, 2.24) is 10.3 Å². The van der Waals surface area contributed by atoms with E-state index in [1.165, 1.54) is 0 Å². The van der Waals surface area contributed by atoms with E-state index < -0.39 is 5.54 Å². The molecule has 0 aliphatic carbocycles. The van der Waals surface area contributed by atoms with Gasteiger partial charge in [-0.3, -0.25) is 4.79 Å². The molecule has 0 unspecified atom stereocenters. The zero-order valence-electron chi connectivity index (χ0n) is 13.3. The Bertz CT molecular complexity index is 627. The Morgan fingerprint density at radius 2 is 1.87 bits per heavy atom. The summed E-state index contributed by atoms with van der Waals surface area (Å²) in [4.78, 5) is 15.9. The molecule has 2 aromatic rings. The quantitative estimate of drug-likeness (QED) is 0.817. The monoisotopic (exact) mass is 315 g/mol. The smallest absolute Gasteiger partial charge is 0.258 e. The van der Waals surface area contributed by atoms with Gasteiger partial charge in [0.2, 0.25) is 5.88 Å². The van der Waals surface area contributed by atoms with Gasteiger partial charge < -0.3 is 20.5 Å². The van der Waals surface area contributed by atoms with E-state index in [-0.39, 0.29) is 12.5 Å². The zero-order chi connectivity index (χ0) is 16.7. The minimum absolute atomic E-state index is 0.0656. The number of carbonyl (C=O) groups is 1. The molecule has 1 heterocycles. The molecular formula is C17H21N3O3. The molecule has 2 rings (SSSR count). The van der Waals surface area contributed by atoms with Crippen molar-refractivity contribution in [1.29, 1.82) is 0 Å². The summed E-state index contributed by atoms with van der Waals surface area (Å²) in [5.74, 6) is 1.53. The van der Waals surface area contributed by atoms with E-state index in [2.05, 4.69) is 10.3 Å². The van der Waals surface area contributed by atoms with Gasteiger partial charge in [-0.25, -0.2) is 4.98 Å². The number of aromatic nitrogens is 1. The highest BCUT2D eigenvalue weighted by Crippen LogP contribution is 2.22. The summed E-state index contributed by atoms with van der Waals surface area (Å²) in [5, 5.41) is 2.80. The van der Waals surface area contributed by atoms with Crippen molar-refractivity contribution in [3.8, 4) is 17.4 Å². The lowest BCUT2D eigenvalue weighted by molar-refractivity contribution is -0.124. The largest absolute Gasteiger partial charge is 0.484 e. The molecule has 0 atom stereocenters. The third kappa shape index (κ3) is 5.60. The van der Waals surface area contributed by atoms with Gasteiger partial charge in [0, 0.05) is 24.3 Å². The molecule has 0 bridgehead atoms. The normalized spacial score (nSPS) is 10.9. The molecule has 0 fully saturated rings. The van der Waals surface area contributed by atoms with Crippen LogP contribution >= 0.6 is 0 Å². The van der Waals surface area contributed by atoms with Gasteiger partial charge in [0.1, 0.15) is 11.5 Å². The maximum Gasteiger partial charge on any atom is 0.258 e. The predicted octanol–water partition coefficient (Wildman–Crippen LogP) is 2.11. The molecule has 0 saturated carbocycles. The second-order valence-corrected chi connectivity index (χ2v) is 5.67. The van der Waals surface area contributed by atoms with Crippen LogP contribution in [-0.4, -0.2) is 29.6 Å². The van der Waals surface area contributed by atoms with Gasteiger partial charge in [-0.1, -0.05) is 6.07 Å². The van der Waals surface area contributed by atoms with Crippen LogP contribution in [0.2, 0.25) is 0 Å². The summed E-state index contributed by atoms with van der Waals surface area (Å²) in [7, 11) is 0. The van der Waals surface area contributed by atoms with Crippen LogP contribution in [0.15, 0.2) is 48.7 Å². The van der Waals surface area contributed by atoms with Crippen LogP contribution in [0.25, 0.3) is 0 Å². The molecule has 1 amide bonds. The van der Waals surface area contributed by atoms with Gasteiger partial charge in [-0.2, -0.15) is 0 Å². The van der Waals surface area contributed by atoms with Crippen molar-refractivity contribution in [2.45, 2.75) is 19.4 Å². The predicted molar refractivity (Wildman–Crippen MR) is 87.5 cm³/mol. The Hall–Kier alpha value is -2.60. The Morgan fingerprint density at radius 3 is 2.48 bits per heavy atom. The number of ether oxygens (including phenoxy) is 2. The molecule has 0 aliphatic heterocycles. The van der Waals surface area contributed by atoms with E-state index in [1.807, 2.05) is 26.0 Å². The molecule has 1 aromatic heterocycles. The van der Waals surface area contributed by atoms with Crippen LogP contribution in [0.3, 0.4) is 0 Å². The summed E-state index contributed by atoms with van der Waals surface area (Å²) >= 11 is 0. The minimum atomic E-state index is -0.444. The fourth-order valence-corrected chi connectivity index (χ4v) is 1.75. The molecular weight excluding hydrogens is 294 g/mol. The molecule has 23 heavy (non-hydrogen) atoms. The fourth-order valence-electron chi connectivity index (χ4n) is 1.75. The maximum absolute atomic E-state index is 11.8. The molecule has 0 aliphatic rings. The Kier molecular flexibility index (Phi) is 5.54. The number of nitrogens with one attached hydrogen (secondary N) is 1. The number of amides is 1. The summed E-state index contributed by atoms with van der Waals surface area (Å²) in [6.45, 7) is 4.01. The van der Waals surface area contributed by atoms with Gasteiger partial charge >= 0.3 is 0 Å². The molecule has 0 spiro atoms. The standard InChI is InChI=1S/C17H21N3O3/c1-17(2,12-18)20-15(21)11-22-13-6-8-14(9-7-13)23-16-5-3-4-10-19-16/h3-10H,11-12,18H2,1-2H3,(H,20,21). The first kappa shape index (κ1) is 16.8. The van der Waals surface area contributed by atoms with E-state index in [9.17, 15) is 4.79 Å². The number of hydrogen-bond donors (Lipinski definition) is 2. The highest BCUT2D eigenvalue weighted by atomic mass is 16.5. The van der Waals surface area contributed by atoms with E-state index in [1.54, 1.807) is 36.5 Å². The van der Waals surface area contributed by atoms with E-state index in [4.69, 9.17) is 15.2 Å². The van der Waals surface area contributed by atoms with Gasteiger partial charge in [0.05, 0.1) is 0 Å². The number of benzene rings is 1. The molecule has 0 saturated heterocycles. The number of nitrogens with two attached hydrogens (primary N) is 1. The third-order valence-corrected chi connectivity index (χ3v) is 3.04. The van der Waals surface area contributed by atoms with Gasteiger partial charge in [0.15, 0.2) is 6.61 Å². The van der Waals surface area contributed by atoms with E-state index >= 15 is 0 Å². The highest BCUT2D eigenvalue weighted by Gasteiger charge is 2.18. The van der Waals surface area contributed by atoms with Crippen LogP contribution in [0.5, 0.6) is 17.4 Å². The average molecular weight is 315 g/mol. The molecule has 1 aromatic carbocycles. The summed E-state index contributed by atoms with van der Waals surface area (Å²) in [6, 6.07) is 12.4. The summed E-state index contributed by atoms with van der Waals surface area (Å²) < 4.78 is 11.0. The van der Waals surface area contributed by atoms with Crippen molar-refractivity contribution in [2.75, 3.05) is 13.2 Å². The van der Waals surface area contributed by atoms with Gasteiger partial charge in [-0.15, -0.1) is 0 Å². The van der Waals surface area contributed by atoms with Gasteiger partial charge in [0.25, 0.3) is 5.91 Å². The van der Waals surface area contributed by atoms with Crippen molar-refractivity contribution in [3.63, 3.8) is 0 Å². The molecule has 6 heteroatoms. The molecule has 122 valence electrons. The second-order valence-electron chi connectivity index (χ2n) is 5.67. The average Bonchev–Trinajstić information content (AvgIpc) is 2.55. The fraction of sp³-hybridized carbons (Fsp3) is 0.294. The number of carbonyl (C=O) groups excluding carboxylic acids is 1. The van der Waals surface area contributed by atoms with Crippen molar-refractivity contribution < 1.29 is 14.3 Å². The van der Waals surface area contributed by atoms with Crippen LogP contribution in [0.4, 0.5) is 0 Å². The van der Waals surface area contributed by atoms with Gasteiger partial charge in [-0.05, 0) is 44.2 Å². The van der Waals surface area contributed by atoms with Crippen LogP contribution in [0, 0.1) is 0 Å². The maximum atomic E-state index is 11.8. The number of nitrogens with zero attached hydrogens (tertiary/aromatic N) is 1. The van der Waals surface area contributed by atoms with E-state index in [0.29, 0.717) is 23.9 Å². The summed E-state index contributed by atoms with van der Waals surface area (Å²) in [6.07, 6.45) is 1.66. The van der Waals surface area contributed by atoms with Crippen molar-refractivity contribution in [2.24, 2.45) is 5.73 Å².